The minimum Gasteiger partial charge on any atom is -0.356 e. The van der Waals surface area contributed by atoms with Gasteiger partial charge in [0.1, 0.15) is 0 Å². The lowest BCUT2D eigenvalue weighted by Crippen LogP contribution is -2.38. The summed E-state index contributed by atoms with van der Waals surface area (Å²) in [7, 11) is 1.78. The fourth-order valence-electron chi connectivity index (χ4n) is 2.87. The number of halogens is 2. The fourth-order valence-corrected chi connectivity index (χ4v) is 3.10. The summed E-state index contributed by atoms with van der Waals surface area (Å²) in [6, 6.07) is 18.2. The first-order valence-electron chi connectivity index (χ1n) is 8.98. The van der Waals surface area contributed by atoms with E-state index in [1.807, 2.05) is 41.2 Å². The van der Waals surface area contributed by atoms with E-state index in [0.29, 0.717) is 6.54 Å². The first-order chi connectivity index (χ1) is 13.3. The molecule has 0 aliphatic heterocycles. The highest BCUT2D eigenvalue weighted by molar-refractivity contribution is 14.0. The average molecular weight is 510 g/mol. The van der Waals surface area contributed by atoms with Crippen molar-refractivity contribution in [3.8, 4) is 0 Å². The smallest absolute Gasteiger partial charge is 0.191 e. The van der Waals surface area contributed by atoms with Gasteiger partial charge in [0.25, 0.3) is 0 Å². The summed E-state index contributed by atoms with van der Waals surface area (Å²) in [6.45, 7) is 2.21. The van der Waals surface area contributed by atoms with Gasteiger partial charge in [-0.2, -0.15) is 5.10 Å². The molecule has 7 heteroatoms. The molecule has 0 spiro atoms. The maximum atomic E-state index is 6.21. The largest absolute Gasteiger partial charge is 0.356 e. The van der Waals surface area contributed by atoms with Crippen LogP contribution < -0.4 is 10.6 Å². The van der Waals surface area contributed by atoms with Crippen molar-refractivity contribution < 1.29 is 0 Å². The highest BCUT2D eigenvalue weighted by atomic mass is 127. The van der Waals surface area contributed by atoms with Crippen LogP contribution in [-0.4, -0.2) is 29.3 Å². The van der Waals surface area contributed by atoms with E-state index in [1.54, 1.807) is 13.2 Å². The van der Waals surface area contributed by atoms with Crippen molar-refractivity contribution in [1.29, 1.82) is 0 Å². The van der Waals surface area contributed by atoms with Gasteiger partial charge >= 0.3 is 0 Å². The van der Waals surface area contributed by atoms with Crippen molar-refractivity contribution in [2.24, 2.45) is 4.99 Å². The van der Waals surface area contributed by atoms with Gasteiger partial charge in [-0.25, -0.2) is 0 Å². The average Bonchev–Trinajstić information content (AvgIpc) is 3.20. The monoisotopic (exact) mass is 509 g/mol. The number of rotatable bonds is 7. The Kier molecular flexibility index (Phi) is 9.30. The molecule has 2 aromatic carbocycles. The van der Waals surface area contributed by atoms with Crippen LogP contribution in [-0.2, 0) is 19.5 Å². The number of nitrogens with zero attached hydrogens (tertiary/aromatic N) is 3. The van der Waals surface area contributed by atoms with E-state index in [1.165, 1.54) is 11.1 Å². The zero-order valence-corrected chi connectivity index (χ0v) is 18.9. The van der Waals surface area contributed by atoms with Gasteiger partial charge in [-0.1, -0.05) is 54.1 Å². The molecule has 1 heterocycles. The molecule has 3 aromatic rings. The molecule has 0 unspecified atom stereocenters. The number of aromatic nitrogens is 2. The van der Waals surface area contributed by atoms with Gasteiger partial charge < -0.3 is 10.6 Å². The molecule has 0 saturated heterocycles. The van der Waals surface area contributed by atoms with Crippen molar-refractivity contribution in [1.82, 2.24) is 20.4 Å². The van der Waals surface area contributed by atoms with E-state index in [0.717, 1.165) is 36.1 Å². The molecule has 5 nitrogen and oxygen atoms in total. The molecule has 2 N–H and O–H groups in total. The molecular weight excluding hydrogens is 485 g/mol. The molecule has 0 radical (unpaired) electrons. The Morgan fingerprint density at radius 2 is 1.71 bits per heavy atom. The summed E-state index contributed by atoms with van der Waals surface area (Å²) in [5.74, 6) is 0.774. The van der Waals surface area contributed by atoms with Crippen LogP contribution in [0.4, 0.5) is 0 Å². The van der Waals surface area contributed by atoms with Crippen molar-refractivity contribution >= 4 is 41.5 Å². The zero-order valence-electron chi connectivity index (χ0n) is 15.8. The van der Waals surface area contributed by atoms with Gasteiger partial charge in [-0.3, -0.25) is 9.67 Å². The molecule has 0 saturated carbocycles. The van der Waals surface area contributed by atoms with Gasteiger partial charge in [0.2, 0.25) is 0 Å². The second-order valence-electron chi connectivity index (χ2n) is 6.17. The molecule has 0 aliphatic rings. The van der Waals surface area contributed by atoms with Crippen LogP contribution in [0.2, 0.25) is 5.02 Å². The van der Waals surface area contributed by atoms with Crippen LogP contribution in [0, 0.1) is 0 Å². The lowest BCUT2D eigenvalue weighted by molar-refractivity contribution is 0.677. The number of hydrogen-bond acceptors (Lipinski definition) is 2. The Morgan fingerprint density at radius 1 is 1.00 bits per heavy atom. The molecule has 0 fully saturated rings. The summed E-state index contributed by atoms with van der Waals surface area (Å²) < 4.78 is 1.93. The maximum absolute atomic E-state index is 6.21. The first kappa shape index (κ1) is 22.2. The van der Waals surface area contributed by atoms with Crippen molar-refractivity contribution in [3.05, 3.63) is 88.7 Å². The topological polar surface area (TPSA) is 54.2 Å². The van der Waals surface area contributed by atoms with Gasteiger partial charge in [-0.15, -0.1) is 24.0 Å². The van der Waals surface area contributed by atoms with E-state index >= 15 is 0 Å². The number of nitrogens with one attached hydrogen (secondary N) is 2. The van der Waals surface area contributed by atoms with Gasteiger partial charge in [0.15, 0.2) is 5.96 Å². The summed E-state index contributed by atoms with van der Waals surface area (Å²) >= 11 is 6.21. The summed E-state index contributed by atoms with van der Waals surface area (Å²) in [5.41, 5.74) is 3.59. The molecular formula is C21H25ClIN5. The number of hydrogen-bond donors (Lipinski definition) is 2. The van der Waals surface area contributed by atoms with E-state index in [2.05, 4.69) is 45.0 Å². The standard InChI is InChI=1S/C21H24ClN5.HI/c1-23-21(24-13-11-17-7-4-5-10-20(17)22)25-15-18-8-2-3-9-19(18)16-27-14-6-12-26-27;/h2-10,12,14H,11,13,15-16H2,1H3,(H2,23,24,25);1H. The lowest BCUT2D eigenvalue weighted by Gasteiger charge is -2.14. The van der Waals surface area contributed by atoms with Gasteiger partial charge in [0, 0.05) is 37.6 Å². The van der Waals surface area contributed by atoms with Crippen LogP contribution in [0.15, 0.2) is 72.0 Å². The zero-order chi connectivity index (χ0) is 18.9. The number of benzene rings is 2. The fraction of sp³-hybridized carbons (Fsp3) is 0.238. The highest BCUT2D eigenvalue weighted by Gasteiger charge is 2.05. The molecule has 1 aromatic heterocycles. The SMILES string of the molecule is CN=C(NCCc1ccccc1Cl)NCc1ccccc1Cn1cccn1.I. The van der Waals surface area contributed by atoms with E-state index in [9.17, 15) is 0 Å². The van der Waals surface area contributed by atoms with Crippen LogP contribution in [0.1, 0.15) is 16.7 Å². The van der Waals surface area contributed by atoms with Crippen molar-refractivity contribution in [2.75, 3.05) is 13.6 Å². The number of guanidine groups is 1. The van der Waals surface area contributed by atoms with Crippen molar-refractivity contribution in [2.45, 2.75) is 19.5 Å². The van der Waals surface area contributed by atoms with E-state index in [4.69, 9.17) is 11.6 Å². The van der Waals surface area contributed by atoms with Gasteiger partial charge in [0.05, 0.1) is 6.54 Å². The van der Waals surface area contributed by atoms with Crippen LogP contribution >= 0.6 is 35.6 Å². The Morgan fingerprint density at radius 3 is 2.39 bits per heavy atom. The molecule has 0 atom stereocenters. The Balaban J connectivity index is 0.00000280. The summed E-state index contributed by atoms with van der Waals surface area (Å²) in [4.78, 5) is 4.31. The Labute approximate surface area is 188 Å². The third-order valence-corrected chi connectivity index (χ3v) is 4.69. The normalized spacial score (nSPS) is 11.0. The Bertz CT molecular complexity index is 880. The van der Waals surface area contributed by atoms with Crippen LogP contribution in [0.5, 0.6) is 0 Å². The highest BCUT2D eigenvalue weighted by Crippen LogP contribution is 2.14. The summed E-state index contributed by atoms with van der Waals surface area (Å²) in [5, 5.41) is 11.8. The van der Waals surface area contributed by atoms with Crippen LogP contribution in [0.3, 0.4) is 0 Å². The third-order valence-electron chi connectivity index (χ3n) is 4.32. The molecule has 28 heavy (non-hydrogen) atoms. The molecule has 148 valence electrons. The predicted molar refractivity (Wildman–Crippen MR) is 127 cm³/mol. The Hall–Kier alpha value is -2.06. The van der Waals surface area contributed by atoms with E-state index < -0.39 is 0 Å². The van der Waals surface area contributed by atoms with Crippen molar-refractivity contribution in [3.63, 3.8) is 0 Å². The second kappa shape index (κ2) is 11.7. The molecule has 0 aliphatic carbocycles. The molecule has 0 bridgehead atoms. The minimum atomic E-state index is 0. The van der Waals surface area contributed by atoms with Gasteiger partial charge in [-0.05, 0) is 35.2 Å². The molecule has 3 rings (SSSR count). The van der Waals surface area contributed by atoms with E-state index in [-0.39, 0.29) is 24.0 Å². The minimum absolute atomic E-state index is 0. The van der Waals surface area contributed by atoms with Crippen LogP contribution in [0.25, 0.3) is 0 Å². The first-order valence-corrected chi connectivity index (χ1v) is 9.36. The number of aliphatic imine (C=N–C) groups is 1. The third kappa shape index (κ3) is 6.53. The quantitative estimate of drug-likeness (QED) is 0.286. The summed E-state index contributed by atoms with van der Waals surface area (Å²) in [6.07, 6.45) is 4.61. The lowest BCUT2D eigenvalue weighted by atomic mass is 10.1. The predicted octanol–water partition coefficient (Wildman–Crippen LogP) is 4.11. The maximum Gasteiger partial charge on any atom is 0.191 e. The second-order valence-corrected chi connectivity index (χ2v) is 6.57. The molecule has 0 amide bonds.